The molecule has 2 aromatic carbocycles. The zero-order valence-corrected chi connectivity index (χ0v) is 10.9. The molecule has 96 valence electrons. The summed E-state index contributed by atoms with van der Waals surface area (Å²) in [6.07, 6.45) is 0. The summed E-state index contributed by atoms with van der Waals surface area (Å²) in [4.78, 5) is 12.4. The van der Waals surface area contributed by atoms with Gasteiger partial charge in [0.05, 0.1) is 0 Å². The van der Waals surface area contributed by atoms with Crippen LogP contribution in [0.2, 0.25) is 0 Å². The van der Waals surface area contributed by atoms with E-state index in [-0.39, 0.29) is 11.7 Å². The van der Waals surface area contributed by atoms with Crippen molar-refractivity contribution in [1.82, 2.24) is 0 Å². The Morgan fingerprint density at radius 1 is 1.11 bits per heavy atom. The Labute approximate surface area is 111 Å². The average Bonchev–Trinajstić information content (AvgIpc) is 2.66. The molecule has 0 radical (unpaired) electrons. The van der Waals surface area contributed by atoms with Crippen LogP contribution in [-0.4, -0.2) is 11.0 Å². The van der Waals surface area contributed by atoms with E-state index >= 15 is 0 Å². The minimum Gasteiger partial charge on any atom is -0.508 e. The van der Waals surface area contributed by atoms with Crippen molar-refractivity contribution in [2.75, 3.05) is 5.32 Å². The molecule has 0 spiro atoms. The van der Waals surface area contributed by atoms with Crippen LogP contribution in [0.4, 0.5) is 5.69 Å². The smallest absolute Gasteiger partial charge is 0.239 e. The third kappa shape index (κ3) is 1.55. The molecule has 0 fully saturated rings. The molecule has 1 aliphatic heterocycles. The molecule has 1 aliphatic rings. The van der Waals surface area contributed by atoms with Crippen LogP contribution < -0.4 is 5.32 Å². The van der Waals surface area contributed by atoms with Gasteiger partial charge in [-0.2, -0.15) is 0 Å². The second-order valence-electron chi connectivity index (χ2n) is 5.15. The van der Waals surface area contributed by atoms with Crippen LogP contribution in [0.1, 0.15) is 23.6 Å². The Morgan fingerprint density at radius 2 is 1.84 bits per heavy atom. The molecular formula is C16H15NO2. The summed E-state index contributed by atoms with van der Waals surface area (Å²) in [7, 11) is 0. The Kier molecular flexibility index (Phi) is 2.39. The molecule has 0 bridgehead atoms. The van der Waals surface area contributed by atoms with Gasteiger partial charge in [0.15, 0.2) is 0 Å². The second-order valence-corrected chi connectivity index (χ2v) is 5.15. The molecule has 0 saturated carbocycles. The van der Waals surface area contributed by atoms with Crippen LogP contribution in [0.3, 0.4) is 0 Å². The van der Waals surface area contributed by atoms with Gasteiger partial charge in [0, 0.05) is 11.3 Å². The highest BCUT2D eigenvalue weighted by Crippen LogP contribution is 2.45. The van der Waals surface area contributed by atoms with Gasteiger partial charge in [-0.25, -0.2) is 0 Å². The van der Waals surface area contributed by atoms with E-state index < -0.39 is 5.41 Å². The lowest BCUT2D eigenvalue weighted by Gasteiger charge is -2.24. The first-order chi connectivity index (χ1) is 9.03. The van der Waals surface area contributed by atoms with Gasteiger partial charge in [-0.1, -0.05) is 35.9 Å². The quantitative estimate of drug-likeness (QED) is 0.821. The van der Waals surface area contributed by atoms with E-state index in [1.807, 2.05) is 50.2 Å². The summed E-state index contributed by atoms with van der Waals surface area (Å²) in [5.41, 5.74) is 2.55. The van der Waals surface area contributed by atoms with Gasteiger partial charge in [0.2, 0.25) is 5.91 Å². The van der Waals surface area contributed by atoms with Crippen molar-refractivity contribution in [3.05, 3.63) is 59.2 Å². The fourth-order valence-electron chi connectivity index (χ4n) is 2.72. The van der Waals surface area contributed by atoms with Crippen LogP contribution in [-0.2, 0) is 10.2 Å². The number of anilines is 1. The van der Waals surface area contributed by atoms with Crippen LogP contribution in [0.5, 0.6) is 5.75 Å². The highest BCUT2D eigenvalue weighted by molar-refractivity contribution is 6.08. The number of hydrogen-bond acceptors (Lipinski definition) is 2. The van der Waals surface area contributed by atoms with Crippen LogP contribution in [0.25, 0.3) is 0 Å². The summed E-state index contributed by atoms with van der Waals surface area (Å²) in [5.74, 6) is 0.0505. The molecule has 1 atom stereocenters. The number of benzene rings is 2. The normalized spacial score (nSPS) is 21.1. The fraction of sp³-hybridized carbons (Fsp3) is 0.188. The Morgan fingerprint density at radius 3 is 2.63 bits per heavy atom. The maximum absolute atomic E-state index is 12.4. The second kappa shape index (κ2) is 3.85. The number of hydrogen-bond donors (Lipinski definition) is 2. The van der Waals surface area contributed by atoms with Crippen LogP contribution >= 0.6 is 0 Å². The third-order valence-corrected chi connectivity index (χ3v) is 3.86. The monoisotopic (exact) mass is 253 g/mol. The zero-order chi connectivity index (χ0) is 13.6. The van der Waals surface area contributed by atoms with Crippen molar-refractivity contribution in [1.29, 1.82) is 0 Å². The molecule has 3 nitrogen and oxygen atoms in total. The molecule has 0 aromatic heterocycles. The van der Waals surface area contributed by atoms with Gasteiger partial charge < -0.3 is 10.4 Å². The highest BCUT2D eigenvalue weighted by Gasteiger charge is 2.45. The van der Waals surface area contributed by atoms with E-state index in [1.165, 1.54) is 0 Å². The number of phenolic OH excluding ortho intramolecular Hbond substituents is 1. The SMILES string of the molecule is Cc1ccc(O)c(C2(C)C(=O)Nc3ccccc32)c1. The number of para-hydroxylation sites is 1. The molecule has 2 N–H and O–H groups in total. The van der Waals surface area contributed by atoms with Gasteiger partial charge in [0.25, 0.3) is 0 Å². The number of carbonyl (C=O) groups excluding carboxylic acids is 1. The predicted molar refractivity (Wildman–Crippen MR) is 74.4 cm³/mol. The molecule has 0 saturated heterocycles. The molecule has 19 heavy (non-hydrogen) atoms. The number of fused-ring (bicyclic) bond motifs is 1. The number of carbonyl (C=O) groups is 1. The number of nitrogens with one attached hydrogen (secondary N) is 1. The van der Waals surface area contributed by atoms with E-state index in [4.69, 9.17) is 0 Å². The van der Waals surface area contributed by atoms with Crippen LogP contribution in [0.15, 0.2) is 42.5 Å². The Hall–Kier alpha value is -2.29. The first-order valence-corrected chi connectivity index (χ1v) is 6.24. The zero-order valence-electron chi connectivity index (χ0n) is 10.9. The van der Waals surface area contributed by atoms with Crippen LogP contribution in [0, 0.1) is 6.92 Å². The standard InChI is InChI=1S/C16H15NO2/c1-10-7-8-14(18)12(9-10)16(2)11-5-3-4-6-13(11)17-15(16)19/h3-9,18H,1-2H3,(H,17,19). The largest absolute Gasteiger partial charge is 0.508 e. The Balaban J connectivity index is 2.28. The van der Waals surface area contributed by atoms with Crippen molar-refractivity contribution >= 4 is 11.6 Å². The lowest BCUT2D eigenvalue weighted by Crippen LogP contribution is -2.32. The maximum atomic E-state index is 12.4. The molecule has 2 aromatic rings. The number of amides is 1. The van der Waals surface area contributed by atoms with E-state index in [9.17, 15) is 9.90 Å². The van der Waals surface area contributed by atoms with E-state index in [1.54, 1.807) is 6.07 Å². The molecule has 1 unspecified atom stereocenters. The molecule has 0 aliphatic carbocycles. The van der Waals surface area contributed by atoms with Crippen molar-refractivity contribution in [2.45, 2.75) is 19.3 Å². The number of aryl methyl sites for hydroxylation is 1. The minimum atomic E-state index is -0.841. The molecule has 1 amide bonds. The van der Waals surface area contributed by atoms with Crippen molar-refractivity contribution in [2.24, 2.45) is 0 Å². The predicted octanol–water partition coefficient (Wildman–Crippen LogP) is 2.96. The number of phenols is 1. The van der Waals surface area contributed by atoms with E-state index in [0.717, 1.165) is 16.8 Å². The average molecular weight is 253 g/mol. The summed E-state index contributed by atoms with van der Waals surface area (Å²) >= 11 is 0. The third-order valence-electron chi connectivity index (χ3n) is 3.86. The summed E-state index contributed by atoms with van der Waals surface area (Å²) in [6, 6.07) is 13.0. The maximum Gasteiger partial charge on any atom is 0.239 e. The topological polar surface area (TPSA) is 49.3 Å². The fourth-order valence-corrected chi connectivity index (χ4v) is 2.72. The van der Waals surface area contributed by atoms with E-state index in [0.29, 0.717) is 5.56 Å². The first kappa shape index (κ1) is 11.8. The lowest BCUT2D eigenvalue weighted by molar-refractivity contribution is -0.119. The molecular weight excluding hydrogens is 238 g/mol. The first-order valence-electron chi connectivity index (χ1n) is 6.24. The highest BCUT2D eigenvalue weighted by atomic mass is 16.3. The summed E-state index contributed by atoms with van der Waals surface area (Å²) in [5, 5.41) is 13.0. The van der Waals surface area contributed by atoms with Gasteiger partial charge in [0.1, 0.15) is 11.2 Å². The van der Waals surface area contributed by atoms with E-state index in [2.05, 4.69) is 5.32 Å². The molecule has 1 heterocycles. The minimum absolute atomic E-state index is 0.102. The molecule has 3 rings (SSSR count). The lowest BCUT2D eigenvalue weighted by atomic mass is 9.76. The summed E-state index contributed by atoms with van der Waals surface area (Å²) in [6.45, 7) is 3.80. The van der Waals surface area contributed by atoms with Gasteiger partial charge in [-0.05, 0) is 31.5 Å². The number of rotatable bonds is 1. The van der Waals surface area contributed by atoms with Crippen molar-refractivity contribution in [3.8, 4) is 5.75 Å². The van der Waals surface area contributed by atoms with Crippen molar-refractivity contribution < 1.29 is 9.90 Å². The number of aromatic hydroxyl groups is 1. The van der Waals surface area contributed by atoms with Gasteiger partial charge in [-0.15, -0.1) is 0 Å². The van der Waals surface area contributed by atoms with Crippen molar-refractivity contribution in [3.63, 3.8) is 0 Å². The van der Waals surface area contributed by atoms with Gasteiger partial charge >= 0.3 is 0 Å². The molecule has 3 heteroatoms. The summed E-state index contributed by atoms with van der Waals surface area (Å²) < 4.78 is 0. The van der Waals surface area contributed by atoms with Gasteiger partial charge in [-0.3, -0.25) is 4.79 Å². The Bertz CT molecular complexity index is 678.